The Morgan fingerprint density at radius 3 is 2.65 bits per heavy atom. The second-order valence-electron chi connectivity index (χ2n) is 5.13. The number of halogens is 1. The number of carbonyl (C=O) groups is 2. The standard InChI is InChI=1S/C14H16FN5O3/c1-8(2)12(14(22)23-3)17-13(21)10-5-4-9(15)6-11(10)20-7-16-18-19-20/h4-8,12H,1-3H3,(H,17,21)/t12-/m0/s1. The zero-order chi connectivity index (χ0) is 17.0. The molecular weight excluding hydrogens is 305 g/mol. The van der Waals surface area contributed by atoms with E-state index in [1.54, 1.807) is 13.8 Å². The van der Waals surface area contributed by atoms with Crippen LogP contribution in [-0.2, 0) is 9.53 Å². The van der Waals surface area contributed by atoms with Crippen LogP contribution in [0.2, 0.25) is 0 Å². The number of tetrazole rings is 1. The first kappa shape index (κ1) is 16.5. The maximum atomic E-state index is 13.5. The number of benzene rings is 1. The number of hydrogen-bond donors (Lipinski definition) is 1. The maximum Gasteiger partial charge on any atom is 0.328 e. The van der Waals surface area contributed by atoms with E-state index in [0.717, 1.165) is 12.1 Å². The SMILES string of the molecule is COC(=O)[C@@H](NC(=O)c1ccc(F)cc1-n1cnnn1)C(C)C. The van der Waals surface area contributed by atoms with Crippen LogP contribution < -0.4 is 5.32 Å². The molecule has 0 aliphatic heterocycles. The van der Waals surface area contributed by atoms with Crippen molar-refractivity contribution in [3.63, 3.8) is 0 Å². The van der Waals surface area contributed by atoms with E-state index in [1.165, 1.54) is 24.2 Å². The first-order valence-corrected chi connectivity index (χ1v) is 6.85. The molecule has 0 radical (unpaired) electrons. The van der Waals surface area contributed by atoms with E-state index in [4.69, 9.17) is 0 Å². The molecule has 0 unspecified atom stereocenters. The lowest BCUT2D eigenvalue weighted by atomic mass is 10.0. The smallest absolute Gasteiger partial charge is 0.328 e. The number of nitrogens with zero attached hydrogens (tertiary/aromatic N) is 4. The normalized spacial score (nSPS) is 12.0. The summed E-state index contributed by atoms with van der Waals surface area (Å²) in [6, 6.07) is 2.76. The van der Waals surface area contributed by atoms with E-state index >= 15 is 0 Å². The van der Waals surface area contributed by atoms with Gasteiger partial charge in [0, 0.05) is 6.07 Å². The minimum absolute atomic E-state index is 0.133. The molecule has 2 rings (SSSR count). The number of aromatic nitrogens is 4. The van der Waals surface area contributed by atoms with Gasteiger partial charge < -0.3 is 10.1 Å². The molecule has 0 saturated heterocycles. The number of amides is 1. The minimum Gasteiger partial charge on any atom is -0.467 e. The molecule has 0 saturated carbocycles. The van der Waals surface area contributed by atoms with E-state index in [-0.39, 0.29) is 17.2 Å². The van der Waals surface area contributed by atoms with Crippen LogP contribution in [0.15, 0.2) is 24.5 Å². The van der Waals surface area contributed by atoms with Crippen LogP contribution in [0.3, 0.4) is 0 Å². The number of nitrogens with one attached hydrogen (secondary N) is 1. The highest BCUT2D eigenvalue weighted by molar-refractivity contribution is 5.99. The molecule has 2 aromatic rings. The van der Waals surface area contributed by atoms with E-state index < -0.39 is 23.7 Å². The molecule has 1 atom stereocenters. The van der Waals surface area contributed by atoms with Gasteiger partial charge in [-0.1, -0.05) is 13.8 Å². The highest BCUT2D eigenvalue weighted by Gasteiger charge is 2.26. The third kappa shape index (κ3) is 3.68. The molecule has 0 bridgehead atoms. The number of ether oxygens (including phenoxy) is 1. The maximum absolute atomic E-state index is 13.5. The van der Waals surface area contributed by atoms with Gasteiger partial charge in [0.2, 0.25) is 0 Å². The molecule has 1 aromatic heterocycles. The molecule has 1 amide bonds. The van der Waals surface area contributed by atoms with E-state index in [0.29, 0.717) is 0 Å². The second-order valence-corrected chi connectivity index (χ2v) is 5.13. The fourth-order valence-electron chi connectivity index (χ4n) is 2.00. The summed E-state index contributed by atoms with van der Waals surface area (Å²) < 4.78 is 19.3. The average molecular weight is 321 g/mol. The number of hydrogen-bond acceptors (Lipinski definition) is 6. The lowest BCUT2D eigenvalue weighted by Gasteiger charge is -2.20. The van der Waals surface area contributed by atoms with Crippen LogP contribution in [0.1, 0.15) is 24.2 Å². The van der Waals surface area contributed by atoms with Crippen LogP contribution in [0.25, 0.3) is 5.69 Å². The number of methoxy groups -OCH3 is 1. The van der Waals surface area contributed by atoms with Crippen LogP contribution >= 0.6 is 0 Å². The Hall–Kier alpha value is -2.84. The third-order valence-corrected chi connectivity index (χ3v) is 3.21. The predicted octanol–water partition coefficient (Wildman–Crippen LogP) is 0.729. The van der Waals surface area contributed by atoms with Crippen LogP contribution in [0.5, 0.6) is 0 Å². The second kappa shape index (κ2) is 6.95. The Balaban J connectivity index is 2.34. The highest BCUT2D eigenvalue weighted by Crippen LogP contribution is 2.16. The molecule has 122 valence electrons. The molecule has 0 aliphatic rings. The van der Waals surface area contributed by atoms with Crippen molar-refractivity contribution in [2.24, 2.45) is 5.92 Å². The molecule has 9 heteroatoms. The fourth-order valence-corrected chi connectivity index (χ4v) is 2.00. The van der Waals surface area contributed by atoms with Crippen molar-refractivity contribution >= 4 is 11.9 Å². The van der Waals surface area contributed by atoms with Gasteiger partial charge in [-0.2, -0.15) is 4.68 Å². The molecular formula is C14H16FN5O3. The first-order valence-electron chi connectivity index (χ1n) is 6.85. The summed E-state index contributed by atoms with van der Waals surface area (Å²) in [6.45, 7) is 3.55. The minimum atomic E-state index is -0.820. The van der Waals surface area contributed by atoms with Gasteiger partial charge in [0.15, 0.2) is 0 Å². The summed E-state index contributed by atoms with van der Waals surface area (Å²) in [6.07, 6.45) is 1.24. The van der Waals surface area contributed by atoms with Gasteiger partial charge in [0.1, 0.15) is 18.2 Å². The molecule has 1 heterocycles. The largest absolute Gasteiger partial charge is 0.467 e. The molecule has 23 heavy (non-hydrogen) atoms. The highest BCUT2D eigenvalue weighted by atomic mass is 19.1. The number of carbonyl (C=O) groups excluding carboxylic acids is 2. The molecule has 0 fully saturated rings. The fraction of sp³-hybridized carbons (Fsp3) is 0.357. The molecule has 1 aromatic carbocycles. The van der Waals surface area contributed by atoms with Gasteiger partial charge in [-0.25, -0.2) is 9.18 Å². The lowest BCUT2D eigenvalue weighted by molar-refractivity contribution is -0.144. The Morgan fingerprint density at radius 1 is 1.35 bits per heavy atom. The summed E-state index contributed by atoms with van der Waals surface area (Å²) in [4.78, 5) is 24.2. The summed E-state index contributed by atoms with van der Waals surface area (Å²) in [7, 11) is 1.24. The van der Waals surface area contributed by atoms with Gasteiger partial charge in [0.05, 0.1) is 18.4 Å². The van der Waals surface area contributed by atoms with E-state index in [9.17, 15) is 14.0 Å². The number of rotatable bonds is 5. The Labute approximate surface area is 131 Å². The van der Waals surface area contributed by atoms with Crippen LogP contribution in [-0.4, -0.2) is 45.2 Å². The quantitative estimate of drug-likeness (QED) is 0.815. The van der Waals surface area contributed by atoms with Gasteiger partial charge in [-0.05, 0) is 28.5 Å². The van der Waals surface area contributed by atoms with Gasteiger partial charge >= 0.3 is 5.97 Å². The topological polar surface area (TPSA) is 99.0 Å². The average Bonchev–Trinajstić information content (AvgIpc) is 3.05. The Kier molecular flexibility index (Phi) is 4.99. The van der Waals surface area contributed by atoms with E-state index in [1.807, 2.05) is 0 Å². The van der Waals surface area contributed by atoms with Gasteiger partial charge in [-0.3, -0.25) is 4.79 Å². The lowest BCUT2D eigenvalue weighted by Crippen LogP contribution is -2.45. The van der Waals surface area contributed by atoms with Crippen molar-refractivity contribution < 1.29 is 18.7 Å². The van der Waals surface area contributed by atoms with Gasteiger partial charge in [0.25, 0.3) is 5.91 Å². The Bertz CT molecular complexity index is 702. The zero-order valence-corrected chi connectivity index (χ0v) is 12.9. The van der Waals surface area contributed by atoms with Crippen molar-refractivity contribution in [3.8, 4) is 5.69 Å². The van der Waals surface area contributed by atoms with Crippen molar-refractivity contribution in [3.05, 3.63) is 35.9 Å². The molecule has 1 N–H and O–H groups in total. The van der Waals surface area contributed by atoms with Crippen LogP contribution in [0.4, 0.5) is 4.39 Å². The third-order valence-electron chi connectivity index (χ3n) is 3.21. The summed E-state index contributed by atoms with van der Waals surface area (Å²) in [5.74, 6) is -1.83. The van der Waals surface area contributed by atoms with Crippen molar-refractivity contribution in [1.29, 1.82) is 0 Å². The molecule has 0 spiro atoms. The van der Waals surface area contributed by atoms with Crippen LogP contribution in [0, 0.1) is 11.7 Å². The van der Waals surface area contributed by atoms with Crippen molar-refractivity contribution in [2.75, 3.05) is 7.11 Å². The predicted molar refractivity (Wildman–Crippen MR) is 77.2 cm³/mol. The van der Waals surface area contributed by atoms with E-state index in [2.05, 4.69) is 25.6 Å². The summed E-state index contributed by atoms with van der Waals surface area (Å²) in [5, 5.41) is 13.2. The monoisotopic (exact) mass is 321 g/mol. The summed E-state index contributed by atoms with van der Waals surface area (Å²) >= 11 is 0. The molecule has 0 aliphatic carbocycles. The van der Waals surface area contributed by atoms with Crippen molar-refractivity contribution in [2.45, 2.75) is 19.9 Å². The molecule has 8 nitrogen and oxygen atoms in total. The zero-order valence-electron chi connectivity index (χ0n) is 12.9. The van der Waals surface area contributed by atoms with Crippen molar-refractivity contribution in [1.82, 2.24) is 25.5 Å². The Morgan fingerprint density at radius 2 is 2.09 bits per heavy atom. The first-order chi connectivity index (χ1) is 10.9. The number of esters is 1. The summed E-state index contributed by atoms with van der Waals surface area (Å²) in [5.41, 5.74) is 0.299. The van der Waals surface area contributed by atoms with Gasteiger partial charge in [-0.15, -0.1) is 5.10 Å².